The molecule has 0 heterocycles. The maximum atomic E-state index is 5.78. The number of halogens is 1. The molecule has 1 aromatic rings. The maximum absolute atomic E-state index is 5.78. The first-order valence-electron chi connectivity index (χ1n) is 9.51. The molecule has 0 radical (unpaired) electrons. The molecule has 3 rings (SSSR count). The van der Waals surface area contributed by atoms with E-state index in [1.165, 1.54) is 64.2 Å². The molecular formula is C21H34ClOPPd. The fraction of sp³-hybridized carbons (Fsp3) is 0.667. The van der Waals surface area contributed by atoms with Gasteiger partial charge in [0.15, 0.2) is 0 Å². The van der Waals surface area contributed by atoms with Gasteiger partial charge in [0.25, 0.3) is 0 Å². The van der Waals surface area contributed by atoms with Crippen molar-refractivity contribution in [3.05, 3.63) is 31.7 Å². The van der Waals surface area contributed by atoms with Crippen molar-refractivity contribution in [2.75, 3.05) is 6.61 Å². The molecule has 2 aliphatic rings. The molecule has 2 fully saturated rings. The van der Waals surface area contributed by atoms with E-state index in [1.807, 2.05) is 0 Å². The number of hydrogen-bond donors (Lipinski definition) is 0. The van der Waals surface area contributed by atoms with Gasteiger partial charge in [0.05, 0.1) is 6.61 Å². The van der Waals surface area contributed by atoms with Crippen LogP contribution in [0.3, 0.4) is 0 Å². The third-order valence-electron chi connectivity index (χ3n) is 5.36. The van der Waals surface area contributed by atoms with Crippen molar-refractivity contribution in [2.45, 2.75) is 82.4 Å². The van der Waals surface area contributed by atoms with Gasteiger partial charge in [-0.1, -0.05) is 58.6 Å². The summed E-state index contributed by atoms with van der Waals surface area (Å²) in [5.41, 5.74) is 1.95. The zero-order valence-electron chi connectivity index (χ0n) is 15.8. The van der Waals surface area contributed by atoms with Crippen molar-refractivity contribution in [2.24, 2.45) is 0 Å². The fourth-order valence-corrected chi connectivity index (χ4v) is 8.16. The fourth-order valence-electron chi connectivity index (χ4n) is 4.34. The van der Waals surface area contributed by atoms with Crippen LogP contribution in [-0.2, 0) is 18.2 Å². The van der Waals surface area contributed by atoms with E-state index in [2.05, 4.69) is 58.9 Å². The van der Waals surface area contributed by atoms with Crippen LogP contribution in [0.2, 0.25) is 0 Å². The van der Waals surface area contributed by atoms with Gasteiger partial charge < -0.3 is 12.2 Å². The van der Waals surface area contributed by atoms with Gasteiger partial charge in [-0.05, 0) is 61.4 Å². The van der Waals surface area contributed by atoms with Crippen LogP contribution in [0.1, 0.15) is 71.1 Å². The molecule has 0 spiro atoms. The summed E-state index contributed by atoms with van der Waals surface area (Å²) in [5, 5.41) is 1.62. The molecule has 1 nitrogen and oxygen atoms in total. The summed E-state index contributed by atoms with van der Waals surface area (Å²) in [6.45, 7) is 2.85. The van der Waals surface area contributed by atoms with Crippen molar-refractivity contribution in [1.29, 1.82) is 0 Å². The molecule has 4 heteroatoms. The van der Waals surface area contributed by atoms with Gasteiger partial charge in [0, 0.05) is 0 Å². The molecule has 0 saturated heterocycles. The van der Waals surface area contributed by atoms with E-state index in [1.54, 1.807) is 5.30 Å². The molecule has 0 N–H and O–H groups in total. The number of benzene rings is 1. The van der Waals surface area contributed by atoms with Crippen molar-refractivity contribution in [3.8, 4) is 5.75 Å². The van der Waals surface area contributed by atoms with Crippen molar-refractivity contribution in [1.82, 2.24) is 0 Å². The number of ether oxygens (including phenoxy) is 1. The predicted octanol–water partition coefficient (Wildman–Crippen LogP) is 7.00. The third-order valence-corrected chi connectivity index (χ3v) is 8.84. The standard InChI is InChI=1S/C20H31OP.CH3.ClH.Pd/c1-2-21-17-10-9-15-20(16-17)22(18-11-5-3-6-12-18)19-13-7-4-8-14-19;;;/h9-10,15-16,18-19H,2-8,11-14H2,1H3;1H3;1H;/q;-1;;+2/p-1. The van der Waals surface area contributed by atoms with Gasteiger partial charge in [0.1, 0.15) is 5.75 Å². The van der Waals surface area contributed by atoms with Gasteiger partial charge in [-0.15, -0.1) is 0 Å². The van der Waals surface area contributed by atoms with E-state index >= 15 is 0 Å². The average Bonchev–Trinajstić information content (AvgIpc) is 2.66. The van der Waals surface area contributed by atoms with Crippen LogP contribution in [-0.4, -0.2) is 17.9 Å². The SMILES string of the molecule is CCOc1cccc(P(C2CCCCC2)C2CCCCC2)c1.[CH3-].[Cl][Pd+]. The van der Waals surface area contributed by atoms with Crippen LogP contribution in [0.25, 0.3) is 0 Å². The first kappa shape index (κ1) is 23.4. The first-order valence-corrected chi connectivity index (χ1v) is 13.0. The van der Waals surface area contributed by atoms with E-state index in [0.717, 1.165) is 23.7 Å². The summed E-state index contributed by atoms with van der Waals surface area (Å²) in [4.78, 5) is 0. The molecule has 0 aromatic heterocycles. The summed E-state index contributed by atoms with van der Waals surface area (Å²) >= 11 is 2.22. The van der Waals surface area contributed by atoms with Gasteiger partial charge >= 0.3 is 27.7 Å². The van der Waals surface area contributed by atoms with Gasteiger partial charge in [-0.3, -0.25) is 0 Å². The van der Waals surface area contributed by atoms with E-state index in [0.29, 0.717) is 0 Å². The van der Waals surface area contributed by atoms with Crippen LogP contribution in [0.5, 0.6) is 5.75 Å². The van der Waals surface area contributed by atoms with Gasteiger partial charge in [0.2, 0.25) is 0 Å². The molecule has 1 aromatic carbocycles. The monoisotopic (exact) mass is 474 g/mol. The Kier molecular flexibility index (Phi) is 12.7. The van der Waals surface area contributed by atoms with E-state index in [4.69, 9.17) is 4.74 Å². The molecule has 25 heavy (non-hydrogen) atoms. The Balaban J connectivity index is 0.00000101. The molecule has 0 amide bonds. The normalized spacial score (nSPS) is 18.9. The third kappa shape index (κ3) is 7.14. The van der Waals surface area contributed by atoms with Gasteiger partial charge in [-0.2, -0.15) is 0 Å². The van der Waals surface area contributed by atoms with E-state index in [9.17, 15) is 0 Å². The Morgan fingerprint density at radius 1 is 0.960 bits per heavy atom. The summed E-state index contributed by atoms with van der Waals surface area (Å²) in [6.07, 6.45) is 14.7. The van der Waals surface area contributed by atoms with Crippen LogP contribution < -0.4 is 10.0 Å². The quantitative estimate of drug-likeness (QED) is 0.253. The molecule has 0 aliphatic heterocycles. The van der Waals surface area contributed by atoms with Crippen LogP contribution in [0.15, 0.2) is 24.3 Å². The zero-order chi connectivity index (χ0) is 17.2. The molecule has 2 saturated carbocycles. The second-order valence-corrected chi connectivity index (χ2v) is 9.71. The minimum absolute atomic E-state index is 0. The number of hydrogen-bond acceptors (Lipinski definition) is 1. The molecule has 146 valence electrons. The van der Waals surface area contributed by atoms with Crippen LogP contribution in [0.4, 0.5) is 0 Å². The van der Waals surface area contributed by atoms with E-state index < -0.39 is 0 Å². The Hall–Kier alpha value is 0.402. The zero-order valence-corrected chi connectivity index (χ0v) is 19.0. The van der Waals surface area contributed by atoms with Crippen LogP contribution in [0, 0.1) is 7.43 Å². The molecular weight excluding hydrogens is 441 g/mol. The average molecular weight is 475 g/mol. The Morgan fingerprint density at radius 3 is 1.96 bits per heavy atom. The predicted molar refractivity (Wildman–Crippen MR) is 110 cm³/mol. The number of rotatable bonds is 5. The molecule has 0 unspecified atom stereocenters. The van der Waals surface area contributed by atoms with Crippen molar-refractivity contribution < 1.29 is 22.9 Å². The van der Waals surface area contributed by atoms with Crippen LogP contribution >= 0.6 is 17.5 Å². The molecule has 2 aliphatic carbocycles. The molecule has 0 atom stereocenters. The Morgan fingerprint density at radius 2 is 1.48 bits per heavy atom. The second kappa shape index (κ2) is 13.6. The van der Waals surface area contributed by atoms with E-state index in [-0.39, 0.29) is 15.3 Å². The van der Waals surface area contributed by atoms with Crippen molar-refractivity contribution >= 4 is 22.8 Å². The first-order chi connectivity index (χ1) is 11.9. The second-order valence-electron chi connectivity index (χ2n) is 6.92. The Labute approximate surface area is 171 Å². The Bertz CT molecular complexity index is 441. The van der Waals surface area contributed by atoms with Gasteiger partial charge in [-0.25, -0.2) is 0 Å². The topological polar surface area (TPSA) is 9.23 Å². The molecule has 0 bridgehead atoms. The summed E-state index contributed by atoms with van der Waals surface area (Å²) in [5.74, 6) is 1.08. The summed E-state index contributed by atoms with van der Waals surface area (Å²) in [7, 11) is 4.49. The summed E-state index contributed by atoms with van der Waals surface area (Å²) in [6, 6.07) is 9.12. The summed E-state index contributed by atoms with van der Waals surface area (Å²) < 4.78 is 5.78. The van der Waals surface area contributed by atoms with Crippen molar-refractivity contribution in [3.63, 3.8) is 0 Å². The minimum atomic E-state index is 0.